The minimum absolute atomic E-state index is 0.616. The molecule has 0 atom stereocenters. The molecule has 0 aliphatic carbocycles. The highest BCUT2D eigenvalue weighted by Gasteiger charge is 2.02. The van der Waals surface area contributed by atoms with Crippen molar-refractivity contribution in [2.24, 2.45) is 0 Å². The molecular formula is C12H20N2O3. The normalized spacial score (nSPS) is 10.3. The molecule has 0 bridgehead atoms. The van der Waals surface area contributed by atoms with E-state index in [4.69, 9.17) is 14.2 Å². The van der Waals surface area contributed by atoms with Gasteiger partial charge in [0.15, 0.2) is 5.75 Å². The van der Waals surface area contributed by atoms with Crippen LogP contribution in [0.3, 0.4) is 0 Å². The maximum Gasteiger partial charge on any atom is 0.160 e. The summed E-state index contributed by atoms with van der Waals surface area (Å²) in [5.74, 6) is 0.743. The predicted octanol–water partition coefficient (Wildman–Crippen LogP) is 1.47. The van der Waals surface area contributed by atoms with Crippen LogP contribution in [0.5, 0.6) is 5.75 Å². The second-order valence-corrected chi connectivity index (χ2v) is 3.56. The fourth-order valence-corrected chi connectivity index (χ4v) is 1.35. The van der Waals surface area contributed by atoms with Crippen molar-refractivity contribution in [2.45, 2.75) is 6.92 Å². The van der Waals surface area contributed by atoms with E-state index in [9.17, 15) is 0 Å². The summed E-state index contributed by atoms with van der Waals surface area (Å²) in [7, 11) is 3.29. The number of nitrogens with zero attached hydrogens (tertiary/aromatic N) is 1. The molecule has 0 saturated carbocycles. The van der Waals surface area contributed by atoms with E-state index in [-0.39, 0.29) is 0 Å². The maximum absolute atomic E-state index is 5.36. The lowest BCUT2D eigenvalue weighted by Gasteiger charge is -2.11. The van der Waals surface area contributed by atoms with E-state index >= 15 is 0 Å². The van der Waals surface area contributed by atoms with Gasteiger partial charge in [-0.1, -0.05) is 0 Å². The maximum atomic E-state index is 5.36. The Hall–Kier alpha value is -1.33. The fourth-order valence-electron chi connectivity index (χ4n) is 1.35. The van der Waals surface area contributed by atoms with Gasteiger partial charge in [0.25, 0.3) is 0 Å². The molecule has 1 heterocycles. The zero-order valence-electron chi connectivity index (χ0n) is 10.7. The summed E-state index contributed by atoms with van der Waals surface area (Å²) in [6, 6.07) is 1.95. The van der Waals surface area contributed by atoms with E-state index < -0.39 is 0 Å². The third-order valence-corrected chi connectivity index (χ3v) is 2.22. The molecule has 0 amide bonds. The first-order valence-corrected chi connectivity index (χ1v) is 5.59. The highest BCUT2D eigenvalue weighted by Crippen LogP contribution is 2.22. The van der Waals surface area contributed by atoms with Gasteiger partial charge in [-0.2, -0.15) is 0 Å². The Kier molecular flexibility index (Phi) is 6.35. The van der Waals surface area contributed by atoms with Crippen LogP contribution in [-0.2, 0) is 9.47 Å². The van der Waals surface area contributed by atoms with Crippen molar-refractivity contribution in [3.8, 4) is 5.75 Å². The van der Waals surface area contributed by atoms with E-state index in [1.807, 2.05) is 13.0 Å². The number of aryl methyl sites for hydroxylation is 1. The van der Waals surface area contributed by atoms with Crippen molar-refractivity contribution in [3.63, 3.8) is 0 Å². The third-order valence-electron chi connectivity index (χ3n) is 2.22. The van der Waals surface area contributed by atoms with Gasteiger partial charge in [0.1, 0.15) is 0 Å². The smallest absolute Gasteiger partial charge is 0.160 e. The largest absolute Gasteiger partial charge is 0.493 e. The van der Waals surface area contributed by atoms with Crippen LogP contribution in [-0.4, -0.2) is 45.6 Å². The number of aromatic nitrogens is 1. The molecule has 1 aromatic rings. The quantitative estimate of drug-likeness (QED) is 0.697. The van der Waals surface area contributed by atoms with Crippen LogP contribution in [0.4, 0.5) is 5.69 Å². The molecule has 17 heavy (non-hydrogen) atoms. The molecule has 0 radical (unpaired) electrons. The lowest BCUT2D eigenvalue weighted by Crippen LogP contribution is -2.12. The Balaban J connectivity index is 2.32. The van der Waals surface area contributed by atoms with Crippen LogP contribution in [0.1, 0.15) is 5.69 Å². The van der Waals surface area contributed by atoms with Gasteiger partial charge in [-0.05, 0) is 13.0 Å². The summed E-state index contributed by atoms with van der Waals surface area (Å²) < 4.78 is 15.5. The van der Waals surface area contributed by atoms with E-state index in [1.165, 1.54) is 0 Å². The number of ether oxygens (including phenoxy) is 3. The molecule has 0 unspecified atom stereocenters. The number of nitrogens with one attached hydrogen (secondary N) is 1. The molecule has 0 fully saturated rings. The summed E-state index contributed by atoms with van der Waals surface area (Å²) in [5, 5.41) is 3.25. The van der Waals surface area contributed by atoms with Gasteiger partial charge in [-0.15, -0.1) is 0 Å². The molecule has 0 aliphatic rings. The Labute approximate surface area is 102 Å². The average molecular weight is 240 g/mol. The zero-order chi connectivity index (χ0) is 12.5. The average Bonchev–Trinajstić information content (AvgIpc) is 2.34. The number of anilines is 1. The summed E-state index contributed by atoms with van der Waals surface area (Å²) in [6.07, 6.45) is 1.71. The summed E-state index contributed by atoms with van der Waals surface area (Å²) in [4.78, 5) is 4.17. The highest BCUT2D eigenvalue weighted by molar-refractivity contribution is 5.55. The first-order valence-electron chi connectivity index (χ1n) is 5.59. The van der Waals surface area contributed by atoms with Crippen molar-refractivity contribution < 1.29 is 14.2 Å². The first-order chi connectivity index (χ1) is 8.27. The van der Waals surface area contributed by atoms with Crippen LogP contribution in [0, 0.1) is 6.92 Å². The van der Waals surface area contributed by atoms with Crippen LogP contribution in [0.25, 0.3) is 0 Å². The first kappa shape index (κ1) is 13.7. The molecule has 1 aromatic heterocycles. The number of pyridine rings is 1. The topological polar surface area (TPSA) is 52.6 Å². The Morgan fingerprint density at radius 3 is 2.76 bits per heavy atom. The Bertz CT molecular complexity index is 332. The minimum Gasteiger partial charge on any atom is -0.493 e. The van der Waals surface area contributed by atoms with Gasteiger partial charge in [0.05, 0.1) is 38.8 Å². The molecule has 5 nitrogen and oxygen atoms in total. The molecule has 5 heteroatoms. The number of hydrogen-bond acceptors (Lipinski definition) is 5. The van der Waals surface area contributed by atoms with Crippen LogP contribution in [0.2, 0.25) is 0 Å². The van der Waals surface area contributed by atoms with Gasteiger partial charge < -0.3 is 19.5 Å². The lowest BCUT2D eigenvalue weighted by molar-refractivity contribution is 0.0759. The third kappa shape index (κ3) is 5.01. The zero-order valence-corrected chi connectivity index (χ0v) is 10.7. The molecule has 96 valence electrons. The molecule has 0 aromatic carbocycles. The fraction of sp³-hybridized carbons (Fsp3) is 0.583. The van der Waals surface area contributed by atoms with Gasteiger partial charge in [0, 0.05) is 19.3 Å². The number of rotatable bonds is 8. The van der Waals surface area contributed by atoms with Crippen molar-refractivity contribution in [1.29, 1.82) is 0 Å². The summed E-state index contributed by atoms with van der Waals surface area (Å²) in [6.45, 7) is 4.54. The van der Waals surface area contributed by atoms with Crippen molar-refractivity contribution in [1.82, 2.24) is 4.98 Å². The minimum atomic E-state index is 0.616. The molecular weight excluding hydrogens is 220 g/mol. The second-order valence-electron chi connectivity index (χ2n) is 3.56. The van der Waals surface area contributed by atoms with Gasteiger partial charge >= 0.3 is 0 Å². The lowest BCUT2D eigenvalue weighted by atomic mass is 10.3. The molecule has 1 rings (SSSR count). The molecule has 1 N–H and O–H groups in total. The van der Waals surface area contributed by atoms with Gasteiger partial charge in [-0.25, -0.2) is 0 Å². The monoisotopic (exact) mass is 240 g/mol. The van der Waals surface area contributed by atoms with Crippen molar-refractivity contribution >= 4 is 5.69 Å². The highest BCUT2D eigenvalue weighted by atomic mass is 16.5. The summed E-state index contributed by atoms with van der Waals surface area (Å²) in [5.41, 5.74) is 1.89. The summed E-state index contributed by atoms with van der Waals surface area (Å²) >= 11 is 0. The van der Waals surface area contributed by atoms with E-state index in [0.29, 0.717) is 19.8 Å². The van der Waals surface area contributed by atoms with E-state index in [1.54, 1.807) is 20.4 Å². The van der Waals surface area contributed by atoms with Crippen molar-refractivity contribution in [3.05, 3.63) is 18.0 Å². The van der Waals surface area contributed by atoms with E-state index in [2.05, 4.69) is 10.3 Å². The predicted molar refractivity (Wildman–Crippen MR) is 66.7 cm³/mol. The SMILES string of the molecule is COCCOCCNc1cc(C)ncc1OC. The van der Waals surface area contributed by atoms with E-state index in [0.717, 1.165) is 23.7 Å². The molecule has 0 aliphatic heterocycles. The Morgan fingerprint density at radius 1 is 1.24 bits per heavy atom. The molecule has 0 spiro atoms. The second kappa shape index (κ2) is 7.86. The number of hydrogen-bond donors (Lipinski definition) is 1. The standard InChI is InChI=1S/C12H20N2O3/c1-10-8-11(12(16-3)9-14-10)13-4-5-17-7-6-15-2/h8-9H,4-7H2,1-3H3,(H,13,14). The van der Waals surface area contributed by atoms with Crippen LogP contribution < -0.4 is 10.1 Å². The van der Waals surface area contributed by atoms with Crippen LogP contribution >= 0.6 is 0 Å². The Morgan fingerprint density at radius 2 is 2.06 bits per heavy atom. The van der Waals surface area contributed by atoms with Crippen LogP contribution in [0.15, 0.2) is 12.3 Å². The number of methoxy groups -OCH3 is 2. The van der Waals surface area contributed by atoms with Gasteiger partial charge in [-0.3, -0.25) is 4.98 Å². The molecule has 0 saturated heterocycles. The van der Waals surface area contributed by atoms with Gasteiger partial charge in [0.2, 0.25) is 0 Å². The van der Waals surface area contributed by atoms with Crippen molar-refractivity contribution in [2.75, 3.05) is 45.9 Å².